The summed E-state index contributed by atoms with van der Waals surface area (Å²) in [6, 6.07) is 8.61. The van der Waals surface area contributed by atoms with Gasteiger partial charge >= 0.3 is 0 Å². The molecule has 0 amide bonds. The highest BCUT2D eigenvalue weighted by atomic mass is 15.1. The molecule has 1 aromatic carbocycles. The maximum absolute atomic E-state index is 5.85. The van der Waals surface area contributed by atoms with E-state index in [4.69, 9.17) is 5.73 Å². The van der Waals surface area contributed by atoms with Crippen LogP contribution in [0.5, 0.6) is 0 Å². The molecule has 20 heavy (non-hydrogen) atoms. The zero-order valence-corrected chi connectivity index (χ0v) is 13.5. The molecule has 3 N–H and O–H groups in total. The molecule has 0 aliphatic carbocycles. The third-order valence-corrected chi connectivity index (χ3v) is 4.11. The van der Waals surface area contributed by atoms with E-state index in [1.165, 1.54) is 11.3 Å². The summed E-state index contributed by atoms with van der Waals surface area (Å²) in [6.07, 6.45) is 0. The quantitative estimate of drug-likeness (QED) is 0.728. The Bertz CT molecular complexity index is 372. The smallest absolute Gasteiger partial charge is 0.0385 e. The predicted octanol–water partition coefficient (Wildman–Crippen LogP) is 3.17. The second kappa shape index (κ2) is 8.98. The lowest BCUT2D eigenvalue weighted by Crippen LogP contribution is -2.28. The van der Waals surface area contributed by atoms with Gasteiger partial charge in [0.05, 0.1) is 0 Å². The van der Waals surface area contributed by atoms with Crippen molar-refractivity contribution in [2.75, 3.05) is 31.5 Å². The van der Waals surface area contributed by atoms with Crippen molar-refractivity contribution in [1.29, 1.82) is 0 Å². The van der Waals surface area contributed by atoms with Crippen LogP contribution in [0.3, 0.4) is 0 Å². The molecule has 0 fully saturated rings. The minimum absolute atomic E-state index is 0.525. The number of hydrogen-bond donors (Lipinski definition) is 2. The fourth-order valence-electron chi connectivity index (χ4n) is 2.35. The maximum atomic E-state index is 5.85. The van der Waals surface area contributed by atoms with E-state index >= 15 is 0 Å². The Morgan fingerprint density at radius 3 is 2.35 bits per heavy atom. The van der Waals surface area contributed by atoms with Gasteiger partial charge in [0.1, 0.15) is 0 Å². The molecule has 0 saturated heterocycles. The zero-order chi connectivity index (χ0) is 15.0. The minimum atomic E-state index is 0.525. The number of benzene rings is 1. The van der Waals surface area contributed by atoms with Crippen LogP contribution in [0.15, 0.2) is 24.3 Å². The average Bonchev–Trinajstić information content (AvgIpc) is 2.46. The van der Waals surface area contributed by atoms with E-state index in [-0.39, 0.29) is 0 Å². The molecule has 0 aromatic heterocycles. The minimum Gasteiger partial charge on any atom is -0.384 e. The topological polar surface area (TPSA) is 41.3 Å². The fourth-order valence-corrected chi connectivity index (χ4v) is 2.35. The summed E-state index contributed by atoms with van der Waals surface area (Å²) in [5, 5.41) is 3.59. The Morgan fingerprint density at radius 1 is 1.15 bits per heavy atom. The van der Waals surface area contributed by atoms with Gasteiger partial charge in [-0.2, -0.15) is 0 Å². The van der Waals surface area contributed by atoms with Crippen LogP contribution in [0, 0.1) is 11.8 Å². The molecule has 1 unspecified atom stereocenters. The standard InChI is InChI=1S/C17H31N3/c1-5-20(6-2)13-15-9-7-8-10-17(15)19-12-16(11-18)14(3)4/h7-10,14,16,19H,5-6,11-13,18H2,1-4H3. The highest BCUT2D eigenvalue weighted by Crippen LogP contribution is 2.19. The maximum Gasteiger partial charge on any atom is 0.0385 e. The first kappa shape index (κ1) is 17.0. The van der Waals surface area contributed by atoms with Gasteiger partial charge in [-0.1, -0.05) is 45.9 Å². The van der Waals surface area contributed by atoms with E-state index in [1.54, 1.807) is 0 Å². The number of hydrogen-bond acceptors (Lipinski definition) is 3. The lowest BCUT2D eigenvalue weighted by Gasteiger charge is -2.23. The van der Waals surface area contributed by atoms with Crippen molar-refractivity contribution in [2.45, 2.75) is 34.2 Å². The van der Waals surface area contributed by atoms with Crippen LogP contribution in [0.4, 0.5) is 5.69 Å². The molecule has 0 spiro atoms. The van der Waals surface area contributed by atoms with Gasteiger partial charge in [0.15, 0.2) is 0 Å². The molecule has 0 radical (unpaired) electrons. The monoisotopic (exact) mass is 277 g/mol. The van der Waals surface area contributed by atoms with Crippen molar-refractivity contribution in [3.63, 3.8) is 0 Å². The van der Waals surface area contributed by atoms with E-state index < -0.39 is 0 Å². The first-order valence-electron chi connectivity index (χ1n) is 7.86. The van der Waals surface area contributed by atoms with Gasteiger partial charge in [-0.3, -0.25) is 4.90 Å². The van der Waals surface area contributed by atoms with E-state index in [9.17, 15) is 0 Å². The molecule has 1 aromatic rings. The van der Waals surface area contributed by atoms with Gasteiger partial charge in [-0.05, 0) is 43.1 Å². The Balaban J connectivity index is 2.70. The average molecular weight is 277 g/mol. The molecule has 1 atom stereocenters. The summed E-state index contributed by atoms with van der Waals surface area (Å²) in [5.41, 5.74) is 8.47. The summed E-state index contributed by atoms with van der Waals surface area (Å²) < 4.78 is 0. The van der Waals surface area contributed by atoms with Gasteiger partial charge < -0.3 is 11.1 Å². The molecule has 1 rings (SSSR count). The second-order valence-electron chi connectivity index (χ2n) is 5.74. The number of para-hydroxylation sites is 1. The van der Waals surface area contributed by atoms with Crippen molar-refractivity contribution in [1.82, 2.24) is 4.90 Å². The summed E-state index contributed by atoms with van der Waals surface area (Å²) in [5.74, 6) is 1.14. The van der Waals surface area contributed by atoms with E-state index in [0.717, 1.165) is 32.7 Å². The number of nitrogens with two attached hydrogens (primary N) is 1. The van der Waals surface area contributed by atoms with Crippen molar-refractivity contribution in [2.24, 2.45) is 17.6 Å². The lowest BCUT2D eigenvalue weighted by atomic mass is 9.96. The Labute approximate surface area is 124 Å². The third-order valence-electron chi connectivity index (χ3n) is 4.11. The Kier molecular flexibility index (Phi) is 7.63. The van der Waals surface area contributed by atoms with E-state index in [1.807, 2.05) is 0 Å². The summed E-state index contributed by atoms with van der Waals surface area (Å²) in [6.45, 7) is 13.8. The largest absolute Gasteiger partial charge is 0.384 e. The highest BCUT2D eigenvalue weighted by molar-refractivity contribution is 5.51. The summed E-state index contributed by atoms with van der Waals surface area (Å²) >= 11 is 0. The Hall–Kier alpha value is -1.06. The van der Waals surface area contributed by atoms with E-state index in [0.29, 0.717) is 11.8 Å². The number of anilines is 1. The van der Waals surface area contributed by atoms with Crippen LogP contribution in [-0.4, -0.2) is 31.1 Å². The van der Waals surface area contributed by atoms with Gasteiger partial charge in [0.25, 0.3) is 0 Å². The number of nitrogens with one attached hydrogen (secondary N) is 1. The molecule has 114 valence electrons. The summed E-state index contributed by atoms with van der Waals surface area (Å²) in [4.78, 5) is 2.43. The van der Waals surface area contributed by atoms with Gasteiger partial charge in [-0.25, -0.2) is 0 Å². The number of rotatable bonds is 9. The van der Waals surface area contributed by atoms with Crippen LogP contribution in [0.25, 0.3) is 0 Å². The molecule has 0 heterocycles. The van der Waals surface area contributed by atoms with Gasteiger partial charge in [0, 0.05) is 18.8 Å². The van der Waals surface area contributed by atoms with Crippen LogP contribution < -0.4 is 11.1 Å². The first-order chi connectivity index (χ1) is 9.62. The van der Waals surface area contributed by atoms with Crippen molar-refractivity contribution in [3.8, 4) is 0 Å². The molecular formula is C17H31N3. The lowest BCUT2D eigenvalue weighted by molar-refractivity contribution is 0.296. The van der Waals surface area contributed by atoms with Crippen LogP contribution in [-0.2, 0) is 6.54 Å². The predicted molar refractivity (Wildman–Crippen MR) is 88.9 cm³/mol. The first-order valence-corrected chi connectivity index (χ1v) is 7.86. The summed E-state index contributed by atoms with van der Waals surface area (Å²) in [7, 11) is 0. The molecule has 3 heteroatoms. The van der Waals surface area contributed by atoms with Crippen LogP contribution in [0.1, 0.15) is 33.3 Å². The zero-order valence-electron chi connectivity index (χ0n) is 13.5. The third kappa shape index (κ3) is 5.14. The highest BCUT2D eigenvalue weighted by Gasteiger charge is 2.12. The molecular weight excluding hydrogens is 246 g/mol. The van der Waals surface area contributed by atoms with E-state index in [2.05, 4.69) is 62.2 Å². The normalized spacial score (nSPS) is 12.9. The molecule has 0 saturated carbocycles. The molecule has 0 bridgehead atoms. The van der Waals surface area contributed by atoms with Crippen LogP contribution in [0.2, 0.25) is 0 Å². The molecule has 0 aliphatic rings. The SMILES string of the molecule is CCN(CC)Cc1ccccc1NCC(CN)C(C)C. The number of nitrogens with zero attached hydrogens (tertiary/aromatic N) is 1. The van der Waals surface area contributed by atoms with Crippen molar-refractivity contribution >= 4 is 5.69 Å². The molecule has 0 aliphatic heterocycles. The van der Waals surface area contributed by atoms with Crippen molar-refractivity contribution in [3.05, 3.63) is 29.8 Å². The fraction of sp³-hybridized carbons (Fsp3) is 0.647. The van der Waals surface area contributed by atoms with Gasteiger partial charge in [0.2, 0.25) is 0 Å². The van der Waals surface area contributed by atoms with Gasteiger partial charge in [-0.15, -0.1) is 0 Å². The molecule has 3 nitrogen and oxygen atoms in total. The Morgan fingerprint density at radius 2 is 1.80 bits per heavy atom. The van der Waals surface area contributed by atoms with Crippen LogP contribution >= 0.6 is 0 Å². The second-order valence-corrected chi connectivity index (χ2v) is 5.74. The van der Waals surface area contributed by atoms with Crippen molar-refractivity contribution < 1.29 is 0 Å².